The first-order valence-electron chi connectivity index (χ1n) is 11.2. The van der Waals surface area contributed by atoms with Crippen molar-refractivity contribution in [3.63, 3.8) is 0 Å². The van der Waals surface area contributed by atoms with Crippen LogP contribution in [0.3, 0.4) is 0 Å². The maximum absolute atomic E-state index is 14.0. The quantitative estimate of drug-likeness (QED) is 0.499. The van der Waals surface area contributed by atoms with Gasteiger partial charge in [-0.1, -0.05) is 11.6 Å². The normalized spacial score (nSPS) is 15.7. The van der Waals surface area contributed by atoms with Gasteiger partial charge < -0.3 is 9.84 Å². The average molecular weight is 515 g/mol. The number of amidine groups is 1. The Morgan fingerprint density at radius 2 is 1.97 bits per heavy atom. The molecule has 0 radical (unpaired) electrons. The topological polar surface area (TPSA) is 89.1 Å². The molecule has 0 saturated carbocycles. The van der Waals surface area contributed by atoms with Gasteiger partial charge in [-0.15, -0.1) is 0 Å². The molecule has 1 aliphatic heterocycles. The molecule has 3 heterocycles. The van der Waals surface area contributed by atoms with Crippen molar-refractivity contribution < 1.29 is 18.6 Å². The smallest absolute Gasteiger partial charge is 0.277 e. The van der Waals surface area contributed by atoms with E-state index in [0.717, 1.165) is 17.7 Å². The third-order valence-electron chi connectivity index (χ3n) is 5.74. The van der Waals surface area contributed by atoms with Gasteiger partial charge in [-0.05, 0) is 51.5 Å². The van der Waals surface area contributed by atoms with Crippen LogP contribution in [0.2, 0.25) is 5.02 Å². The van der Waals surface area contributed by atoms with E-state index in [-0.39, 0.29) is 29.0 Å². The van der Waals surface area contributed by atoms with Gasteiger partial charge in [-0.2, -0.15) is 0 Å². The summed E-state index contributed by atoms with van der Waals surface area (Å²) in [6, 6.07) is 6.15. The van der Waals surface area contributed by atoms with Crippen LogP contribution in [0, 0.1) is 25.5 Å². The maximum Gasteiger partial charge on any atom is 0.277 e. The summed E-state index contributed by atoms with van der Waals surface area (Å²) >= 11 is 6.37. The predicted molar refractivity (Wildman–Crippen MR) is 135 cm³/mol. The number of aromatic nitrogens is 2. The first-order valence-corrected chi connectivity index (χ1v) is 11.6. The number of pyridine rings is 2. The summed E-state index contributed by atoms with van der Waals surface area (Å²) in [5.41, 5.74) is 0.865. The summed E-state index contributed by atoms with van der Waals surface area (Å²) in [4.78, 5) is 26.5. The van der Waals surface area contributed by atoms with Gasteiger partial charge in [0.25, 0.3) is 5.56 Å². The average Bonchev–Trinajstić information content (AvgIpc) is 2.82. The Labute approximate surface area is 211 Å². The van der Waals surface area contributed by atoms with Crippen molar-refractivity contribution in [3.8, 4) is 11.4 Å². The molecule has 10 heteroatoms. The number of hydrogen-bond donors (Lipinski definition) is 1. The van der Waals surface area contributed by atoms with Crippen molar-refractivity contribution in [2.75, 3.05) is 0 Å². The maximum atomic E-state index is 14.0. The van der Waals surface area contributed by atoms with Crippen molar-refractivity contribution in [2.24, 2.45) is 9.98 Å². The molecular weight excluding hydrogens is 490 g/mol. The molecule has 0 saturated heterocycles. The van der Waals surface area contributed by atoms with Gasteiger partial charge in [-0.25, -0.2) is 13.8 Å². The molecule has 4 rings (SSSR count). The standard InChI is InChI=1S/C26H25ClF2N4O3/c1-14-12-31-20(19-7-8-30-25(32-19)26(3,4)35)11-21(14)33-15(2)9-22(23(27)24(33)34)36-13-16-5-6-17(28)10-18(16)29/h5-6,8-12,19,35H,7,13H2,1-4H3. The first kappa shape index (κ1) is 25.7. The Bertz CT molecular complexity index is 1440. The zero-order valence-corrected chi connectivity index (χ0v) is 21.0. The molecule has 188 valence electrons. The molecule has 0 fully saturated rings. The number of benzene rings is 1. The van der Waals surface area contributed by atoms with Gasteiger partial charge >= 0.3 is 0 Å². The molecule has 1 aromatic carbocycles. The van der Waals surface area contributed by atoms with Gasteiger partial charge in [0.2, 0.25) is 0 Å². The molecule has 0 amide bonds. The molecule has 1 aliphatic rings. The van der Waals surface area contributed by atoms with Gasteiger partial charge in [0.15, 0.2) is 5.84 Å². The van der Waals surface area contributed by atoms with Crippen LogP contribution < -0.4 is 10.3 Å². The van der Waals surface area contributed by atoms with E-state index in [1.54, 1.807) is 45.3 Å². The van der Waals surface area contributed by atoms with Crippen molar-refractivity contribution in [1.82, 2.24) is 9.55 Å². The summed E-state index contributed by atoms with van der Waals surface area (Å²) in [6.07, 6.45) is 3.84. The highest BCUT2D eigenvalue weighted by Gasteiger charge is 2.26. The van der Waals surface area contributed by atoms with Crippen LogP contribution in [-0.4, -0.2) is 32.3 Å². The zero-order valence-electron chi connectivity index (χ0n) is 20.2. The lowest BCUT2D eigenvalue weighted by Crippen LogP contribution is -2.32. The van der Waals surface area contributed by atoms with E-state index in [2.05, 4.69) is 15.0 Å². The molecule has 1 N–H and O–H groups in total. The lowest BCUT2D eigenvalue weighted by atomic mass is 10.0. The number of aryl methyl sites for hydroxylation is 2. The lowest BCUT2D eigenvalue weighted by Gasteiger charge is -2.23. The Morgan fingerprint density at radius 3 is 2.67 bits per heavy atom. The summed E-state index contributed by atoms with van der Waals surface area (Å²) in [5.74, 6) is -1.05. The van der Waals surface area contributed by atoms with Crippen LogP contribution in [0.4, 0.5) is 8.78 Å². The summed E-state index contributed by atoms with van der Waals surface area (Å²) in [5, 5.41) is 10.1. The van der Waals surface area contributed by atoms with E-state index < -0.39 is 22.8 Å². The molecule has 36 heavy (non-hydrogen) atoms. The second-order valence-corrected chi connectivity index (χ2v) is 9.48. The number of aliphatic imine (C=N–C) groups is 2. The van der Waals surface area contributed by atoms with Crippen LogP contribution in [0.25, 0.3) is 5.69 Å². The van der Waals surface area contributed by atoms with Crippen LogP contribution in [0.15, 0.2) is 51.3 Å². The van der Waals surface area contributed by atoms with Gasteiger partial charge in [-0.3, -0.25) is 19.3 Å². The summed E-state index contributed by atoms with van der Waals surface area (Å²) in [6.45, 7) is 6.54. The lowest BCUT2D eigenvalue weighted by molar-refractivity contribution is 0.151. The van der Waals surface area contributed by atoms with E-state index in [0.29, 0.717) is 29.3 Å². The fraction of sp³-hybridized carbons (Fsp3) is 0.308. The van der Waals surface area contributed by atoms with Crippen molar-refractivity contribution in [1.29, 1.82) is 0 Å². The minimum Gasteiger partial charge on any atom is -0.487 e. The van der Waals surface area contributed by atoms with Crippen molar-refractivity contribution >= 4 is 23.7 Å². The van der Waals surface area contributed by atoms with Crippen LogP contribution in [0.5, 0.6) is 5.75 Å². The molecule has 0 aliphatic carbocycles. The monoisotopic (exact) mass is 514 g/mol. The van der Waals surface area contributed by atoms with E-state index in [1.807, 2.05) is 6.92 Å². The Kier molecular flexibility index (Phi) is 7.06. The van der Waals surface area contributed by atoms with Gasteiger partial charge in [0.05, 0.1) is 17.4 Å². The Hall–Kier alpha value is -3.43. The SMILES string of the molecule is Cc1cnc(C2CC=NC(C(C)(C)O)=N2)cc1-n1c(C)cc(OCc2ccc(F)cc2F)c(Cl)c1=O. The van der Waals surface area contributed by atoms with Crippen LogP contribution >= 0.6 is 11.6 Å². The molecule has 7 nitrogen and oxygen atoms in total. The van der Waals surface area contributed by atoms with E-state index >= 15 is 0 Å². The second-order valence-electron chi connectivity index (χ2n) is 9.10. The summed E-state index contributed by atoms with van der Waals surface area (Å²) in [7, 11) is 0. The van der Waals surface area contributed by atoms with Crippen LogP contribution in [-0.2, 0) is 6.61 Å². The third-order valence-corrected chi connectivity index (χ3v) is 6.09. The molecule has 2 aromatic heterocycles. The van der Waals surface area contributed by atoms with E-state index in [9.17, 15) is 18.7 Å². The minimum absolute atomic E-state index is 0.0917. The first-order chi connectivity index (χ1) is 17.0. The van der Waals surface area contributed by atoms with E-state index in [1.165, 1.54) is 10.6 Å². The zero-order chi connectivity index (χ0) is 26.2. The van der Waals surface area contributed by atoms with E-state index in [4.69, 9.17) is 16.3 Å². The summed E-state index contributed by atoms with van der Waals surface area (Å²) < 4.78 is 34.2. The largest absolute Gasteiger partial charge is 0.487 e. The number of halogens is 3. The molecule has 1 atom stereocenters. The Morgan fingerprint density at radius 1 is 1.22 bits per heavy atom. The highest BCUT2D eigenvalue weighted by molar-refractivity contribution is 6.31. The number of rotatable bonds is 6. The fourth-order valence-corrected chi connectivity index (χ4v) is 4.00. The van der Waals surface area contributed by atoms with Crippen molar-refractivity contribution in [2.45, 2.75) is 52.4 Å². The highest BCUT2D eigenvalue weighted by Crippen LogP contribution is 2.29. The second kappa shape index (κ2) is 9.91. The number of aliphatic hydroxyl groups is 1. The minimum atomic E-state index is -1.20. The number of nitrogens with zero attached hydrogens (tertiary/aromatic N) is 4. The van der Waals surface area contributed by atoms with Gasteiger partial charge in [0, 0.05) is 42.2 Å². The Balaban J connectivity index is 1.68. The molecule has 0 bridgehead atoms. The fourth-order valence-electron chi connectivity index (χ4n) is 3.81. The molecule has 3 aromatic rings. The highest BCUT2D eigenvalue weighted by atomic mass is 35.5. The molecular formula is C26H25ClF2N4O3. The van der Waals surface area contributed by atoms with Crippen LogP contribution in [0.1, 0.15) is 48.8 Å². The molecule has 1 unspecified atom stereocenters. The van der Waals surface area contributed by atoms with Gasteiger partial charge in [0.1, 0.15) is 34.6 Å². The molecule has 0 spiro atoms. The number of hydrogen-bond acceptors (Lipinski definition) is 6. The third kappa shape index (κ3) is 5.22. The number of ether oxygens (including phenoxy) is 1. The predicted octanol–water partition coefficient (Wildman–Crippen LogP) is 5.04. The van der Waals surface area contributed by atoms with Crippen molar-refractivity contribution in [3.05, 3.63) is 86.1 Å².